The topological polar surface area (TPSA) is 52.6 Å². The zero-order valence-electron chi connectivity index (χ0n) is 7.75. The van der Waals surface area contributed by atoms with E-state index in [4.69, 9.17) is 4.74 Å². The quantitative estimate of drug-likeness (QED) is 0.477. The molecular formula is C9H14O4. The highest BCUT2D eigenvalue weighted by molar-refractivity contribution is 5.96. The molecule has 1 aliphatic heterocycles. The zero-order valence-corrected chi connectivity index (χ0v) is 7.75. The Kier molecular flexibility index (Phi) is 3.89. The molecule has 1 rings (SSSR count). The molecule has 0 aromatic rings. The van der Waals surface area contributed by atoms with Crippen LogP contribution in [-0.2, 0) is 19.1 Å². The minimum atomic E-state index is -0.462. The SMILES string of the molecule is COC(=O)CC(=O)[C@H]1CCCOC1. The Labute approximate surface area is 77.2 Å². The molecule has 1 saturated heterocycles. The summed E-state index contributed by atoms with van der Waals surface area (Å²) < 4.78 is 9.56. The Balaban J connectivity index is 2.33. The van der Waals surface area contributed by atoms with E-state index >= 15 is 0 Å². The van der Waals surface area contributed by atoms with Crippen molar-refractivity contribution in [2.75, 3.05) is 20.3 Å². The van der Waals surface area contributed by atoms with E-state index in [2.05, 4.69) is 4.74 Å². The second kappa shape index (κ2) is 4.97. The van der Waals surface area contributed by atoms with Gasteiger partial charge in [0.1, 0.15) is 12.2 Å². The largest absolute Gasteiger partial charge is 0.469 e. The number of rotatable bonds is 3. The van der Waals surface area contributed by atoms with E-state index < -0.39 is 5.97 Å². The van der Waals surface area contributed by atoms with Crippen LogP contribution in [0.5, 0.6) is 0 Å². The van der Waals surface area contributed by atoms with E-state index in [1.807, 2.05) is 0 Å². The molecule has 0 N–H and O–H groups in total. The predicted octanol–water partition coefficient (Wildman–Crippen LogP) is 0.545. The molecule has 0 aromatic heterocycles. The summed E-state index contributed by atoms with van der Waals surface area (Å²) >= 11 is 0. The fourth-order valence-corrected chi connectivity index (χ4v) is 1.35. The molecule has 0 amide bonds. The fraction of sp³-hybridized carbons (Fsp3) is 0.778. The average molecular weight is 186 g/mol. The van der Waals surface area contributed by atoms with Gasteiger partial charge >= 0.3 is 5.97 Å². The molecule has 0 saturated carbocycles. The minimum absolute atomic E-state index is 0.0634. The van der Waals surface area contributed by atoms with Gasteiger partial charge in [0.25, 0.3) is 0 Å². The van der Waals surface area contributed by atoms with Gasteiger partial charge in [-0.15, -0.1) is 0 Å². The first-order valence-corrected chi connectivity index (χ1v) is 4.41. The molecule has 0 unspecified atom stereocenters. The molecule has 0 radical (unpaired) electrons. The van der Waals surface area contributed by atoms with Gasteiger partial charge in [0.2, 0.25) is 0 Å². The third kappa shape index (κ3) is 3.14. The number of esters is 1. The van der Waals surface area contributed by atoms with Crippen molar-refractivity contribution in [1.82, 2.24) is 0 Å². The van der Waals surface area contributed by atoms with Crippen molar-refractivity contribution in [2.24, 2.45) is 5.92 Å². The van der Waals surface area contributed by atoms with E-state index in [0.29, 0.717) is 6.61 Å². The van der Waals surface area contributed by atoms with Crippen LogP contribution in [0.2, 0.25) is 0 Å². The summed E-state index contributed by atoms with van der Waals surface area (Å²) in [7, 11) is 1.28. The van der Waals surface area contributed by atoms with Gasteiger partial charge in [-0.3, -0.25) is 9.59 Å². The predicted molar refractivity (Wildman–Crippen MR) is 45.2 cm³/mol. The molecule has 1 fully saturated rings. The lowest BCUT2D eigenvalue weighted by molar-refractivity contribution is -0.145. The lowest BCUT2D eigenvalue weighted by atomic mass is 9.96. The van der Waals surface area contributed by atoms with Crippen LogP contribution in [0.3, 0.4) is 0 Å². The summed E-state index contributed by atoms with van der Waals surface area (Å²) in [6.07, 6.45) is 1.61. The number of Topliss-reactive ketones (excluding diaryl/α,β-unsaturated/α-hetero) is 1. The van der Waals surface area contributed by atoms with Crippen molar-refractivity contribution in [3.8, 4) is 0 Å². The smallest absolute Gasteiger partial charge is 0.313 e. The monoisotopic (exact) mass is 186 g/mol. The lowest BCUT2D eigenvalue weighted by Gasteiger charge is -2.20. The number of ether oxygens (including phenoxy) is 2. The van der Waals surface area contributed by atoms with Gasteiger partial charge < -0.3 is 9.47 Å². The lowest BCUT2D eigenvalue weighted by Crippen LogP contribution is -2.27. The molecule has 4 nitrogen and oxygen atoms in total. The van der Waals surface area contributed by atoms with Gasteiger partial charge in [0, 0.05) is 12.5 Å². The number of methoxy groups -OCH3 is 1. The average Bonchev–Trinajstić information content (AvgIpc) is 2.19. The maximum absolute atomic E-state index is 11.4. The third-order valence-corrected chi connectivity index (χ3v) is 2.16. The van der Waals surface area contributed by atoms with Crippen LogP contribution >= 0.6 is 0 Å². The molecule has 1 atom stereocenters. The Hall–Kier alpha value is -0.900. The Bertz CT molecular complexity index is 194. The van der Waals surface area contributed by atoms with Gasteiger partial charge in [-0.05, 0) is 12.8 Å². The van der Waals surface area contributed by atoms with Crippen molar-refractivity contribution in [3.63, 3.8) is 0 Å². The summed E-state index contributed by atoms with van der Waals surface area (Å²) in [6, 6.07) is 0. The number of hydrogen-bond acceptors (Lipinski definition) is 4. The van der Waals surface area contributed by atoms with Crippen LogP contribution in [-0.4, -0.2) is 32.1 Å². The van der Waals surface area contributed by atoms with Crippen LogP contribution in [0, 0.1) is 5.92 Å². The van der Waals surface area contributed by atoms with Crippen molar-refractivity contribution in [1.29, 1.82) is 0 Å². The molecule has 13 heavy (non-hydrogen) atoms. The fourth-order valence-electron chi connectivity index (χ4n) is 1.35. The van der Waals surface area contributed by atoms with E-state index in [9.17, 15) is 9.59 Å². The summed E-state index contributed by atoms with van der Waals surface area (Å²) in [6.45, 7) is 1.18. The van der Waals surface area contributed by atoms with Gasteiger partial charge in [-0.1, -0.05) is 0 Å². The summed E-state index contributed by atoms with van der Waals surface area (Å²) in [5.74, 6) is -0.630. The van der Waals surface area contributed by atoms with Gasteiger partial charge in [-0.2, -0.15) is 0 Å². The minimum Gasteiger partial charge on any atom is -0.469 e. The van der Waals surface area contributed by atoms with E-state index in [1.165, 1.54) is 7.11 Å². The van der Waals surface area contributed by atoms with Crippen LogP contribution in [0.15, 0.2) is 0 Å². The van der Waals surface area contributed by atoms with Crippen LogP contribution in [0.4, 0.5) is 0 Å². The van der Waals surface area contributed by atoms with Crippen molar-refractivity contribution in [3.05, 3.63) is 0 Å². The second-order valence-corrected chi connectivity index (χ2v) is 3.13. The number of carbonyl (C=O) groups is 2. The first kappa shape index (κ1) is 10.2. The summed E-state index contributed by atoms with van der Waals surface area (Å²) in [5.41, 5.74) is 0. The number of carbonyl (C=O) groups excluding carboxylic acids is 2. The third-order valence-electron chi connectivity index (χ3n) is 2.16. The Morgan fingerprint density at radius 2 is 2.31 bits per heavy atom. The highest BCUT2D eigenvalue weighted by Gasteiger charge is 2.23. The maximum Gasteiger partial charge on any atom is 0.313 e. The van der Waals surface area contributed by atoms with Crippen LogP contribution < -0.4 is 0 Å². The molecule has 0 aliphatic carbocycles. The summed E-state index contributed by atoms with van der Waals surface area (Å²) in [5, 5.41) is 0. The molecular weight excluding hydrogens is 172 g/mol. The highest BCUT2D eigenvalue weighted by atomic mass is 16.5. The van der Waals surface area contributed by atoms with Gasteiger partial charge in [-0.25, -0.2) is 0 Å². The van der Waals surface area contributed by atoms with Crippen molar-refractivity contribution in [2.45, 2.75) is 19.3 Å². The normalized spacial score (nSPS) is 22.4. The second-order valence-electron chi connectivity index (χ2n) is 3.13. The standard InChI is InChI=1S/C9H14O4/c1-12-9(11)5-8(10)7-3-2-4-13-6-7/h7H,2-6H2,1H3/t7-/m0/s1. The number of ketones is 1. The van der Waals surface area contributed by atoms with Gasteiger partial charge in [0.15, 0.2) is 0 Å². The number of hydrogen-bond donors (Lipinski definition) is 0. The van der Waals surface area contributed by atoms with Crippen molar-refractivity contribution < 1.29 is 19.1 Å². The Morgan fingerprint density at radius 1 is 1.54 bits per heavy atom. The Morgan fingerprint density at radius 3 is 2.85 bits per heavy atom. The van der Waals surface area contributed by atoms with E-state index in [-0.39, 0.29) is 18.1 Å². The zero-order chi connectivity index (χ0) is 9.68. The summed E-state index contributed by atoms with van der Waals surface area (Å²) in [4.78, 5) is 22.2. The molecule has 0 bridgehead atoms. The first-order valence-electron chi connectivity index (χ1n) is 4.41. The molecule has 74 valence electrons. The van der Waals surface area contributed by atoms with Crippen LogP contribution in [0.1, 0.15) is 19.3 Å². The van der Waals surface area contributed by atoms with Crippen molar-refractivity contribution >= 4 is 11.8 Å². The molecule has 1 aliphatic rings. The molecule has 0 aromatic carbocycles. The van der Waals surface area contributed by atoms with E-state index in [0.717, 1.165) is 19.4 Å². The highest BCUT2D eigenvalue weighted by Crippen LogP contribution is 2.15. The van der Waals surface area contributed by atoms with Crippen LogP contribution in [0.25, 0.3) is 0 Å². The first-order chi connectivity index (χ1) is 6.24. The molecule has 0 spiro atoms. The molecule has 1 heterocycles. The maximum atomic E-state index is 11.4. The van der Waals surface area contributed by atoms with E-state index in [1.54, 1.807) is 0 Å². The van der Waals surface area contributed by atoms with Gasteiger partial charge in [0.05, 0.1) is 13.7 Å². The molecule has 4 heteroatoms.